The van der Waals surface area contributed by atoms with E-state index >= 15 is 0 Å². The van der Waals surface area contributed by atoms with Gasteiger partial charge < -0.3 is 4.98 Å². The van der Waals surface area contributed by atoms with Gasteiger partial charge in [0.2, 0.25) is 0 Å². The summed E-state index contributed by atoms with van der Waals surface area (Å²) < 4.78 is 0. The van der Waals surface area contributed by atoms with E-state index in [9.17, 15) is 9.59 Å². The number of hydrogen-bond acceptors (Lipinski definition) is 5. The molecule has 1 aliphatic rings. The first kappa shape index (κ1) is 11.1. The molecule has 0 saturated heterocycles. The number of aromatic nitrogens is 2. The summed E-state index contributed by atoms with van der Waals surface area (Å²) in [6.45, 7) is 3.30. The third-order valence-electron chi connectivity index (χ3n) is 2.28. The van der Waals surface area contributed by atoms with Crippen molar-refractivity contribution in [2.75, 3.05) is 13.1 Å². The number of hydrogen-bond donors (Lipinski definition) is 5. The van der Waals surface area contributed by atoms with E-state index in [1.54, 1.807) is 6.92 Å². The van der Waals surface area contributed by atoms with Gasteiger partial charge in [0.25, 0.3) is 5.56 Å². The highest BCUT2D eigenvalue weighted by molar-refractivity contribution is 5.82. The number of nitrogens with one attached hydrogen (secondary N) is 5. The van der Waals surface area contributed by atoms with Crippen LogP contribution in [0.3, 0.4) is 0 Å². The van der Waals surface area contributed by atoms with E-state index in [2.05, 4.69) is 30.8 Å². The van der Waals surface area contributed by atoms with E-state index < -0.39 is 11.2 Å². The van der Waals surface area contributed by atoms with Crippen molar-refractivity contribution in [3.05, 3.63) is 32.1 Å². The lowest BCUT2D eigenvalue weighted by Crippen LogP contribution is -2.73. The monoisotopic (exact) mass is 237 g/mol. The highest BCUT2D eigenvalue weighted by Crippen LogP contribution is 1.89. The van der Waals surface area contributed by atoms with Crippen LogP contribution in [0.15, 0.2) is 14.7 Å². The fraction of sp³-hybridized carbons (Fsp3) is 0.333. The summed E-state index contributed by atoms with van der Waals surface area (Å²) in [5.74, 6) is 0.694. The predicted molar refractivity (Wildman–Crippen MR) is 62.0 cm³/mol. The van der Waals surface area contributed by atoms with Crippen LogP contribution in [0.25, 0.3) is 0 Å². The molecule has 2 rings (SSSR count). The summed E-state index contributed by atoms with van der Waals surface area (Å²) in [7, 11) is 0. The number of hydrazone groups is 1. The Morgan fingerprint density at radius 3 is 2.88 bits per heavy atom. The molecule has 0 saturated carbocycles. The Bertz CT molecular complexity index is 582. The Kier molecular flexibility index (Phi) is 3.03. The van der Waals surface area contributed by atoms with Gasteiger partial charge in [-0.25, -0.2) is 4.79 Å². The maximum atomic E-state index is 11.5. The Labute approximate surface area is 95.9 Å². The lowest BCUT2D eigenvalue weighted by molar-refractivity contribution is -0.446. The molecule has 0 aromatic carbocycles. The van der Waals surface area contributed by atoms with Gasteiger partial charge >= 0.3 is 11.6 Å². The second kappa shape index (κ2) is 4.64. The smallest absolute Gasteiger partial charge is 0.311 e. The Morgan fingerprint density at radius 2 is 2.24 bits per heavy atom. The summed E-state index contributed by atoms with van der Waals surface area (Å²) in [4.78, 5) is 30.0. The Hall–Kier alpha value is -2.38. The minimum Gasteiger partial charge on any atom is -0.311 e. The van der Waals surface area contributed by atoms with Crippen LogP contribution in [0.1, 0.15) is 11.3 Å². The van der Waals surface area contributed by atoms with Crippen LogP contribution in [0.4, 0.5) is 0 Å². The zero-order valence-corrected chi connectivity index (χ0v) is 9.26. The molecule has 90 valence electrons. The number of aromatic amines is 2. The van der Waals surface area contributed by atoms with Gasteiger partial charge in [0, 0.05) is 5.69 Å². The Morgan fingerprint density at radius 1 is 1.41 bits per heavy atom. The lowest BCUT2D eigenvalue weighted by atomic mass is 10.2. The van der Waals surface area contributed by atoms with Crippen molar-refractivity contribution in [1.29, 1.82) is 0 Å². The van der Waals surface area contributed by atoms with Gasteiger partial charge in [-0.15, -0.1) is 5.10 Å². The molecule has 5 N–H and O–H groups in total. The summed E-state index contributed by atoms with van der Waals surface area (Å²) in [5, 5.41) is 6.91. The van der Waals surface area contributed by atoms with Crippen molar-refractivity contribution in [2.24, 2.45) is 5.10 Å². The molecule has 0 aliphatic carbocycles. The molecule has 8 heteroatoms. The molecular weight excluding hydrogens is 224 g/mol. The Balaban J connectivity index is 2.15. The van der Waals surface area contributed by atoms with Gasteiger partial charge in [-0.3, -0.25) is 20.1 Å². The van der Waals surface area contributed by atoms with Gasteiger partial charge in [-0.2, -0.15) is 5.43 Å². The van der Waals surface area contributed by atoms with Gasteiger partial charge in [-0.05, 0) is 6.92 Å². The maximum Gasteiger partial charge on any atom is 0.367 e. The van der Waals surface area contributed by atoms with Crippen LogP contribution in [0, 0.1) is 6.92 Å². The third-order valence-corrected chi connectivity index (χ3v) is 2.28. The van der Waals surface area contributed by atoms with Gasteiger partial charge in [-0.1, -0.05) is 0 Å². The molecule has 0 unspecified atom stereocenters. The summed E-state index contributed by atoms with van der Waals surface area (Å²) >= 11 is 0. The van der Waals surface area contributed by atoms with E-state index in [1.807, 2.05) is 0 Å². The normalized spacial score (nSPS) is 14.8. The topological polar surface area (TPSA) is 116 Å². The summed E-state index contributed by atoms with van der Waals surface area (Å²) in [6, 6.07) is 0. The van der Waals surface area contributed by atoms with Crippen molar-refractivity contribution in [3.8, 4) is 0 Å². The van der Waals surface area contributed by atoms with Crippen molar-refractivity contribution in [1.82, 2.24) is 20.7 Å². The van der Waals surface area contributed by atoms with Crippen molar-refractivity contribution < 1.29 is 4.99 Å². The molecule has 0 bridgehead atoms. The molecule has 1 aromatic rings. The molecular formula is C9H13N6O2+. The minimum absolute atomic E-state index is 0.315. The molecule has 0 radical (unpaired) electrons. The highest BCUT2D eigenvalue weighted by Gasteiger charge is 2.09. The number of guanidine groups is 1. The first-order chi connectivity index (χ1) is 8.16. The molecule has 0 atom stereocenters. The van der Waals surface area contributed by atoms with E-state index in [1.165, 1.54) is 6.21 Å². The number of H-pyrrole nitrogens is 2. The summed E-state index contributed by atoms with van der Waals surface area (Å²) in [5.41, 5.74) is 2.52. The van der Waals surface area contributed by atoms with E-state index in [4.69, 9.17) is 0 Å². The maximum absolute atomic E-state index is 11.5. The molecule has 1 aliphatic heterocycles. The molecule has 0 spiro atoms. The zero-order chi connectivity index (χ0) is 12.3. The standard InChI is InChI=1S/C9H12N6O2/c1-5-6(7(16)14-9(17)13-5)4-12-15-8-10-2-3-11-8/h4H,2-3H2,1H3,(H2,10,11,15)(H2,13,14,16,17)/p+1/b12-4+. The average molecular weight is 237 g/mol. The minimum atomic E-state index is -0.522. The van der Waals surface area contributed by atoms with Gasteiger partial charge in [0.1, 0.15) is 0 Å². The number of aryl methyl sites for hydroxylation is 1. The first-order valence-corrected chi connectivity index (χ1v) is 5.14. The highest BCUT2D eigenvalue weighted by atomic mass is 16.2. The third kappa shape index (κ3) is 2.60. The van der Waals surface area contributed by atoms with Crippen LogP contribution in [0.5, 0.6) is 0 Å². The van der Waals surface area contributed by atoms with Crippen molar-refractivity contribution >= 4 is 12.2 Å². The zero-order valence-electron chi connectivity index (χ0n) is 9.26. The van der Waals surface area contributed by atoms with Crippen molar-refractivity contribution in [3.63, 3.8) is 0 Å². The van der Waals surface area contributed by atoms with Crippen LogP contribution in [-0.2, 0) is 0 Å². The summed E-state index contributed by atoms with van der Waals surface area (Å²) in [6.07, 6.45) is 1.36. The fourth-order valence-electron chi connectivity index (χ4n) is 1.44. The largest absolute Gasteiger partial charge is 0.367 e. The quantitative estimate of drug-likeness (QED) is 0.269. The first-order valence-electron chi connectivity index (χ1n) is 5.14. The molecule has 17 heavy (non-hydrogen) atoms. The predicted octanol–water partition coefficient (Wildman–Crippen LogP) is -3.67. The fourth-order valence-corrected chi connectivity index (χ4v) is 1.44. The number of nitrogens with zero attached hydrogens (tertiary/aromatic N) is 1. The average Bonchev–Trinajstić information content (AvgIpc) is 2.74. The van der Waals surface area contributed by atoms with Gasteiger partial charge in [0.05, 0.1) is 24.9 Å². The molecule has 1 aromatic heterocycles. The van der Waals surface area contributed by atoms with Crippen LogP contribution in [-0.4, -0.2) is 35.2 Å². The number of rotatable bonds is 2. The molecule has 0 amide bonds. The van der Waals surface area contributed by atoms with E-state index in [-0.39, 0.29) is 0 Å². The van der Waals surface area contributed by atoms with E-state index in [0.717, 1.165) is 13.1 Å². The SMILES string of the molecule is Cc1[nH]c(=O)[nH]c(=O)c1/C=N/NC1=[NH+]CCN1. The van der Waals surface area contributed by atoms with E-state index in [0.29, 0.717) is 17.2 Å². The molecule has 0 fully saturated rings. The van der Waals surface area contributed by atoms with Crippen LogP contribution in [0.2, 0.25) is 0 Å². The van der Waals surface area contributed by atoms with Gasteiger partial charge in [0.15, 0.2) is 0 Å². The second-order valence-electron chi connectivity index (χ2n) is 3.55. The molecule has 2 heterocycles. The second-order valence-corrected chi connectivity index (χ2v) is 3.55. The van der Waals surface area contributed by atoms with Crippen molar-refractivity contribution in [2.45, 2.75) is 6.92 Å². The van der Waals surface area contributed by atoms with Crippen LogP contribution < -0.4 is 27.0 Å². The lowest BCUT2D eigenvalue weighted by Gasteiger charge is -1.96. The molecule has 8 nitrogen and oxygen atoms in total. The van der Waals surface area contributed by atoms with Crippen LogP contribution >= 0.6 is 0 Å².